The first kappa shape index (κ1) is 29.7. The molecular formula is C40H32IrN2O-2. The van der Waals surface area contributed by atoms with Gasteiger partial charge in [-0.2, -0.15) is 0 Å². The Kier molecular flexibility index (Phi) is 7.84. The first-order chi connectivity index (χ1) is 20.9. The van der Waals surface area contributed by atoms with Crippen LogP contribution in [0.4, 0.5) is 0 Å². The number of furan rings is 1. The van der Waals surface area contributed by atoms with Crippen LogP contribution in [0.3, 0.4) is 0 Å². The summed E-state index contributed by atoms with van der Waals surface area (Å²) in [4.78, 5) is 9.14. The summed E-state index contributed by atoms with van der Waals surface area (Å²) in [7, 11) is 0. The molecule has 3 heterocycles. The maximum atomic E-state index is 6.72. The average Bonchev–Trinajstić information content (AvgIpc) is 3.48. The van der Waals surface area contributed by atoms with Crippen molar-refractivity contribution < 1.29 is 24.5 Å². The van der Waals surface area contributed by atoms with Gasteiger partial charge in [-0.05, 0) is 59.4 Å². The fourth-order valence-corrected chi connectivity index (χ4v) is 6.42. The standard InChI is InChI=1S/C29H24NO.C11H8N.Ir/c1-28(2)21-13-6-7-14-22(21)29(3,4)27-25(28)20-12-9-11-19(26(20)31-27)24-17-16-18-10-5-8-15-23(18)30-24;1-2-6-10(7-3-1)11-8-4-5-9-12-11;/h5-10,12-17H,1-4H3;1-6,8-9H;/q2*-1;. The van der Waals surface area contributed by atoms with E-state index in [-0.39, 0.29) is 30.9 Å². The van der Waals surface area contributed by atoms with Gasteiger partial charge in [-0.1, -0.05) is 91.5 Å². The number of rotatable bonds is 2. The molecule has 3 nitrogen and oxygen atoms in total. The van der Waals surface area contributed by atoms with Gasteiger partial charge in [-0.3, -0.25) is 4.98 Å². The van der Waals surface area contributed by atoms with E-state index in [2.05, 4.69) is 99.4 Å². The van der Waals surface area contributed by atoms with E-state index in [1.54, 1.807) is 6.20 Å². The monoisotopic (exact) mass is 749 g/mol. The van der Waals surface area contributed by atoms with Crippen molar-refractivity contribution in [3.05, 3.63) is 156 Å². The Morgan fingerprint density at radius 1 is 0.636 bits per heavy atom. The normalized spacial score (nSPS) is 14.1. The van der Waals surface area contributed by atoms with Gasteiger partial charge in [-0.25, -0.2) is 0 Å². The summed E-state index contributed by atoms with van der Waals surface area (Å²) in [5.41, 5.74) is 9.31. The smallest absolute Gasteiger partial charge is 0.104 e. The predicted octanol–water partition coefficient (Wildman–Crippen LogP) is 9.96. The summed E-state index contributed by atoms with van der Waals surface area (Å²) >= 11 is 0. The summed E-state index contributed by atoms with van der Waals surface area (Å²) < 4.78 is 6.72. The summed E-state index contributed by atoms with van der Waals surface area (Å²) in [5.74, 6) is 1.05. The van der Waals surface area contributed by atoms with E-state index in [4.69, 9.17) is 9.40 Å². The van der Waals surface area contributed by atoms with Gasteiger partial charge in [0.25, 0.3) is 0 Å². The number of fused-ring (bicyclic) bond motifs is 5. The Balaban J connectivity index is 0.000000222. The van der Waals surface area contributed by atoms with E-state index < -0.39 is 0 Å². The molecule has 1 aliphatic rings. The minimum Gasteiger partial charge on any atom is -0.504 e. The molecule has 0 amide bonds. The second kappa shape index (κ2) is 11.6. The van der Waals surface area contributed by atoms with E-state index in [9.17, 15) is 0 Å². The van der Waals surface area contributed by atoms with Crippen LogP contribution in [0.5, 0.6) is 0 Å². The SMILES string of the molecule is CC1(C)c2ccccc2C(C)(C)c2c1oc1c(-c3ccc4ccccc4n3)[c-]ccc21.[Ir].[c-]1ccccc1-c1ccccn1. The molecule has 0 aliphatic heterocycles. The third kappa shape index (κ3) is 4.99. The van der Waals surface area contributed by atoms with Crippen LogP contribution in [0, 0.1) is 12.1 Å². The molecule has 4 heteroatoms. The van der Waals surface area contributed by atoms with E-state index >= 15 is 0 Å². The summed E-state index contributed by atoms with van der Waals surface area (Å²) in [6.07, 6.45) is 1.79. The van der Waals surface area contributed by atoms with E-state index in [0.29, 0.717) is 0 Å². The molecule has 0 N–H and O–H groups in total. The molecule has 0 atom stereocenters. The molecule has 0 bridgehead atoms. The van der Waals surface area contributed by atoms with Crippen molar-refractivity contribution in [3.63, 3.8) is 0 Å². The molecule has 0 saturated heterocycles. The van der Waals surface area contributed by atoms with Gasteiger partial charge in [0.15, 0.2) is 0 Å². The Morgan fingerprint density at radius 3 is 2.11 bits per heavy atom. The van der Waals surface area contributed by atoms with Crippen molar-refractivity contribution in [1.82, 2.24) is 9.97 Å². The van der Waals surface area contributed by atoms with Crippen molar-refractivity contribution in [2.24, 2.45) is 0 Å². The van der Waals surface area contributed by atoms with Crippen LogP contribution < -0.4 is 0 Å². The van der Waals surface area contributed by atoms with Crippen LogP contribution in [0.25, 0.3) is 44.4 Å². The van der Waals surface area contributed by atoms with Gasteiger partial charge < -0.3 is 9.40 Å². The van der Waals surface area contributed by atoms with Gasteiger partial charge in [0, 0.05) is 37.1 Å². The number of hydrogen-bond acceptors (Lipinski definition) is 3. The molecule has 1 aliphatic carbocycles. The topological polar surface area (TPSA) is 38.9 Å². The summed E-state index contributed by atoms with van der Waals surface area (Å²) in [6, 6.07) is 45.6. The van der Waals surface area contributed by atoms with Gasteiger partial charge in [0.1, 0.15) is 5.76 Å². The zero-order chi connectivity index (χ0) is 29.6. The molecule has 0 fully saturated rings. The molecule has 1 radical (unpaired) electrons. The van der Waals surface area contributed by atoms with Crippen LogP contribution in [0.1, 0.15) is 50.1 Å². The molecule has 219 valence electrons. The first-order valence-electron chi connectivity index (χ1n) is 14.7. The van der Waals surface area contributed by atoms with Crippen LogP contribution in [0.2, 0.25) is 0 Å². The second-order valence-electron chi connectivity index (χ2n) is 12.1. The Hall–Kier alpha value is -4.37. The number of para-hydroxylation sites is 1. The molecule has 3 aromatic heterocycles. The maximum absolute atomic E-state index is 6.72. The van der Waals surface area contributed by atoms with Crippen LogP contribution in [-0.4, -0.2) is 9.97 Å². The molecule has 0 unspecified atom stereocenters. The number of pyridine rings is 2. The zero-order valence-electron chi connectivity index (χ0n) is 25.2. The third-order valence-electron chi connectivity index (χ3n) is 8.62. The molecule has 8 rings (SSSR count). The predicted molar refractivity (Wildman–Crippen MR) is 175 cm³/mol. The maximum Gasteiger partial charge on any atom is 0.104 e. The number of nitrogens with zero attached hydrogens (tertiary/aromatic N) is 2. The largest absolute Gasteiger partial charge is 0.504 e. The van der Waals surface area contributed by atoms with Crippen molar-refractivity contribution >= 4 is 21.9 Å². The fraction of sp³-hybridized carbons (Fsp3) is 0.150. The van der Waals surface area contributed by atoms with Crippen LogP contribution >= 0.6 is 0 Å². The van der Waals surface area contributed by atoms with Crippen molar-refractivity contribution in [2.45, 2.75) is 38.5 Å². The Labute approximate surface area is 272 Å². The molecule has 0 saturated carbocycles. The Morgan fingerprint density at radius 2 is 1.36 bits per heavy atom. The van der Waals surface area contributed by atoms with E-state index in [1.165, 1.54) is 16.7 Å². The first-order valence-corrected chi connectivity index (χ1v) is 14.7. The molecule has 7 aromatic rings. The third-order valence-corrected chi connectivity index (χ3v) is 8.62. The van der Waals surface area contributed by atoms with Gasteiger partial charge in [-0.15, -0.1) is 54.1 Å². The number of benzene rings is 4. The summed E-state index contributed by atoms with van der Waals surface area (Å²) in [5, 5.41) is 2.29. The van der Waals surface area contributed by atoms with Crippen molar-refractivity contribution in [2.75, 3.05) is 0 Å². The Bertz CT molecular complexity index is 2040. The van der Waals surface area contributed by atoms with E-state index in [0.717, 1.165) is 50.1 Å². The zero-order valence-corrected chi connectivity index (χ0v) is 27.6. The van der Waals surface area contributed by atoms with Crippen LogP contribution in [-0.2, 0) is 30.9 Å². The van der Waals surface area contributed by atoms with Gasteiger partial charge in [0.05, 0.1) is 11.1 Å². The number of aromatic nitrogens is 2. The van der Waals surface area contributed by atoms with Gasteiger partial charge in [0.2, 0.25) is 0 Å². The van der Waals surface area contributed by atoms with Gasteiger partial charge >= 0.3 is 0 Å². The van der Waals surface area contributed by atoms with Crippen molar-refractivity contribution in [3.8, 4) is 22.5 Å². The minimum atomic E-state index is -0.214. The fourth-order valence-electron chi connectivity index (χ4n) is 6.42. The average molecular weight is 749 g/mol. The minimum absolute atomic E-state index is 0. The van der Waals surface area contributed by atoms with Crippen molar-refractivity contribution in [1.29, 1.82) is 0 Å². The molecular weight excluding hydrogens is 717 g/mol. The quantitative estimate of drug-likeness (QED) is 0.165. The number of hydrogen-bond donors (Lipinski definition) is 0. The molecule has 0 spiro atoms. The second-order valence-corrected chi connectivity index (χ2v) is 12.1. The molecule has 4 aromatic carbocycles. The summed E-state index contributed by atoms with van der Waals surface area (Å²) in [6.45, 7) is 9.14. The molecule has 44 heavy (non-hydrogen) atoms. The van der Waals surface area contributed by atoms with Crippen LogP contribution in [0.15, 0.2) is 126 Å². The van der Waals surface area contributed by atoms with E-state index in [1.807, 2.05) is 60.7 Å².